The number of hydrogen-bond donors (Lipinski definition) is 2. The zero-order chi connectivity index (χ0) is 27.5. The highest BCUT2D eigenvalue weighted by atomic mass is 32.2. The van der Waals surface area contributed by atoms with Crippen LogP contribution in [0.15, 0.2) is 47.4 Å². The van der Waals surface area contributed by atoms with Crippen molar-refractivity contribution >= 4 is 31.6 Å². The Morgan fingerprint density at radius 3 is 2.41 bits per heavy atom. The zero-order valence-corrected chi connectivity index (χ0v) is 23.3. The molecule has 0 radical (unpaired) electrons. The van der Waals surface area contributed by atoms with Crippen molar-refractivity contribution in [2.24, 2.45) is 5.92 Å². The van der Waals surface area contributed by atoms with Gasteiger partial charge in [0.15, 0.2) is 0 Å². The first-order valence-corrected chi connectivity index (χ1v) is 15.2. The summed E-state index contributed by atoms with van der Waals surface area (Å²) < 4.78 is 59.9. The van der Waals surface area contributed by atoms with E-state index in [9.17, 15) is 26.7 Å². The topological polar surface area (TPSA) is 133 Å². The molecule has 2 aromatic rings. The molecule has 204 valence electrons. The molecule has 0 saturated carbocycles. The Labute approximate surface area is 219 Å². The summed E-state index contributed by atoms with van der Waals surface area (Å²) in [6.45, 7) is 5.48. The third kappa shape index (κ3) is 7.22. The van der Waals surface area contributed by atoms with Gasteiger partial charge in [-0.25, -0.2) is 16.8 Å². The van der Waals surface area contributed by atoms with Crippen LogP contribution in [0.5, 0.6) is 5.75 Å². The molecule has 37 heavy (non-hydrogen) atoms. The van der Waals surface area contributed by atoms with Gasteiger partial charge < -0.3 is 14.7 Å². The number of hydrogen-bond acceptors (Lipinski definition) is 7. The number of anilines is 1. The van der Waals surface area contributed by atoms with Gasteiger partial charge >= 0.3 is 0 Å². The van der Waals surface area contributed by atoms with E-state index in [-0.39, 0.29) is 48.5 Å². The Morgan fingerprint density at radius 2 is 1.81 bits per heavy atom. The number of fused-ring (bicyclic) bond motifs is 1. The summed E-state index contributed by atoms with van der Waals surface area (Å²) in [5, 5.41) is 9.76. The smallest absolute Gasteiger partial charge is 0.242 e. The Morgan fingerprint density at radius 1 is 1.16 bits per heavy atom. The standard InChI is InChI=1S/C25H35N3O7S2/c1-17-6-9-22(10-7-17)37(33,34)27(4)15-24-18(2)14-28(19(3)16-29)25(30)13-20-12-21(26-36(5,31)32)8-11-23(20)35-24/h6-12,18-19,24,26,29H,13-16H2,1-5H3/t18-,19-,24+/m0/s1. The number of benzene rings is 2. The van der Waals surface area contributed by atoms with E-state index in [1.54, 1.807) is 42.2 Å². The first kappa shape index (κ1) is 28.9. The lowest BCUT2D eigenvalue weighted by Gasteiger charge is -2.33. The number of amides is 1. The van der Waals surface area contributed by atoms with Gasteiger partial charge in [0.05, 0.1) is 36.8 Å². The highest BCUT2D eigenvalue weighted by Gasteiger charge is 2.33. The summed E-state index contributed by atoms with van der Waals surface area (Å²) in [7, 11) is -5.86. The minimum Gasteiger partial charge on any atom is -0.488 e. The number of aryl methyl sites for hydroxylation is 1. The van der Waals surface area contributed by atoms with E-state index < -0.39 is 32.2 Å². The van der Waals surface area contributed by atoms with Gasteiger partial charge in [-0.3, -0.25) is 9.52 Å². The Bertz CT molecular complexity index is 1330. The van der Waals surface area contributed by atoms with Crippen molar-refractivity contribution in [3.05, 3.63) is 53.6 Å². The fraction of sp³-hybridized carbons (Fsp3) is 0.480. The minimum atomic E-state index is -3.80. The molecule has 3 atom stereocenters. The van der Waals surface area contributed by atoms with Crippen LogP contribution in [0.3, 0.4) is 0 Å². The van der Waals surface area contributed by atoms with Crippen molar-refractivity contribution in [3.8, 4) is 5.75 Å². The highest BCUT2D eigenvalue weighted by molar-refractivity contribution is 7.92. The molecule has 0 unspecified atom stereocenters. The Hall–Kier alpha value is -2.67. The first-order valence-electron chi connectivity index (χ1n) is 11.9. The van der Waals surface area contributed by atoms with E-state index in [4.69, 9.17) is 4.74 Å². The lowest BCUT2D eigenvalue weighted by atomic mass is 10.0. The van der Waals surface area contributed by atoms with Crippen LogP contribution >= 0.6 is 0 Å². The number of aliphatic hydroxyl groups is 1. The average molecular weight is 554 g/mol. The molecule has 0 aromatic heterocycles. The molecule has 0 spiro atoms. The number of carbonyl (C=O) groups is 1. The van der Waals surface area contributed by atoms with E-state index >= 15 is 0 Å². The molecule has 0 bridgehead atoms. The highest BCUT2D eigenvalue weighted by Crippen LogP contribution is 2.30. The third-order valence-corrected chi connectivity index (χ3v) is 8.83. The molecule has 3 rings (SSSR count). The molecule has 2 N–H and O–H groups in total. The average Bonchev–Trinajstić information content (AvgIpc) is 2.85. The van der Waals surface area contributed by atoms with Crippen molar-refractivity contribution in [2.45, 2.75) is 44.2 Å². The molecule has 0 fully saturated rings. The molecule has 0 aliphatic carbocycles. The maximum atomic E-state index is 13.2. The third-order valence-electron chi connectivity index (χ3n) is 6.39. The number of likely N-dealkylation sites (N-methyl/N-ethyl adjacent to an activating group) is 1. The van der Waals surface area contributed by atoms with Crippen LogP contribution in [0.25, 0.3) is 0 Å². The van der Waals surface area contributed by atoms with Crippen LogP contribution in [-0.4, -0.2) is 82.2 Å². The molecular weight excluding hydrogens is 518 g/mol. The normalized spacial score (nSPS) is 19.9. The number of nitrogens with zero attached hydrogens (tertiary/aromatic N) is 2. The summed E-state index contributed by atoms with van der Waals surface area (Å²) >= 11 is 0. The first-order chi connectivity index (χ1) is 17.2. The second-order valence-corrected chi connectivity index (χ2v) is 13.5. The van der Waals surface area contributed by atoms with Gasteiger partial charge in [0.2, 0.25) is 26.0 Å². The molecule has 1 aliphatic heterocycles. The van der Waals surface area contributed by atoms with Gasteiger partial charge in [-0.05, 0) is 44.2 Å². The number of ether oxygens (including phenoxy) is 1. The van der Waals surface area contributed by atoms with Crippen LogP contribution in [0, 0.1) is 12.8 Å². The summed E-state index contributed by atoms with van der Waals surface area (Å²) in [6, 6.07) is 10.8. The summed E-state index contributed by atoms with van der Waals surface area (Å²) in [5.41, 5.74) is 1.68. The van der Waals surface area contributed by atoms with Gasteiger partial charge in [-0.2, -0.15) is 4.31 Å². The van der Waals surface area contributed by atoms with Crippen molar-refractivity contribution in [3.63, 3.8) is 0 Å². The van der Waals surface area contributed by atoms with Crippen LogP contribution in [0.2, 0.25) is 0 Å². The minimum absolute atomic E-state index is 0.00962. The van der Waals surface area contributed by atoms with Gasteiger partial charge in [-0.1, -0.05) is 24.6 Å². The maximum Gasteiger partial charge on any atom is 0.242 e. The Kier molecular flexibility index (Phi) is 8.89. The number of nitrogens with one attached hydrogen (secondary N) is 1. The SMILES string of the molecule is Cc1ccc(S(=O)(=O)N(C)C[C@H]2Oc3ccc(NS(C)(=O)=O)cc3CC(=O)N([C@@H](C)CO)C[C@@H]2C)cc1. The molecule has 1 heterocycles. The largest absolute Gasteiger partial charge is 0.488 e. The second-order valence-electron chi connectivity index (χ2n) is 9.68. The predicted molar refractivity (Wildman–Crippen MR) is 141 cm³/mol. The van der Waals surface area contributed by atoms with Crippen LogP contribution in [0.1, 0.15) is 25.0 Å². The molecule has 10 nitrogen and oxygen atoms in total. The Balaban J connectivity index is 1.99. The summed E-state index contributed by atoms with van der Waals surface area (Å²) in [4.78, 5) is 15.0. The summed E-state index contributed by atoms with van der Waals surface area (Å²) in [6.07, 6.45) is 0.316. The van der Waals surface area contributed by atoms with Crippen LogP contribution in [-0.2, 0) is 31.3 Å². The van der Waals surface area contributed by atoms with Crippen molar-refractivity contribution in [1.29, 1.82) is 0 Å². The van der Waals surface area contributed by atoms with E-state index in [0.29, 0.717) is 11.3 Å². The van der Waals surface area contributed by atoms with Crippen molar-refractivity contribution in [2.75, 3.05) is 37.7 Å². The fourth-order valence-corrected chi connectivity index (χ4v) is 5.90. The van der Waals surface area contributed by atoms with E-state index in [1.807, 2.05) is 13.8 Å². The monoisotopic (exact) mass is 553 g/mol. The zero-order valence-electron chi connectivity index (χ0n) is 21.7. The van der Waals surface area contributed by atoms with Gasteiger partial charge in [-0.15, -0.1) is 0 Å². The quantitative estimate of drug-likeness (QED) is 0.510. The summed E-state index contributed by atoms with van der Waals surface area (Å²) in [5.74, 6) is -0.187. The van der Waals surface area contributed by atoms with Crippen LogP contribution in [0.4, 0.5) is 5.69 Å². The second kappa shape index (κ2) is 11.4. The molecule has 1 amide bonds. The molecule has 1 aliphatic rings. The van der Waals surface area contributed by atoms with Gasteiger partial charge in [0.1, 0.15) is 11.9 Å². The maximum absolute atomic E-state index is 13.2. The van der Waals surface area contributed by atoms with Crippen LogP contribution < -0.4 is 9.46 Å². The fourth-order valence-electron chi connectivity index (χ4n) is 4.17. The molecule has 0 saturated heterocycles. The van der Waals surface area contributed by atoms with E-state index in [0.717, 1.165) is 11.8 Å². The number of carbonyl (C=O) groups excluding carboxylic acids is 1. The number of aliphatic hydroxyl groups excluding tert-OH is 1. The lowest BCUT2D eigenvalue weighted by Crippen LogP contribution is -2.48. The van der Waals surface area contributed by atoms with Gasteiger partial charge in [0, 0.05) is 30.8 Å². The molecular formula is C25H35N3O7S2. The molecule has 12 heteroatoms. The van der Waals surface area contributed by atoms with E-state index in [1.165, 1.54) is 23.5 Å². The van der Waals surface area contributed by atoms with E-state index in [2.05, 4.69) is 4.72 Å². The van der Waals surface area contributed by atoms with Crippen molar-refractivity contribution < 1.29 is 31.5 Å². The van der Waals surface area contributed by atoms with Crippen molar-refractivity contribution in [1.82, 2.24) is 9.21 Å². The molecule has 2 aromatic carbocycles. The number of sulfonamides is 2. The number of rotatable bonds is 8. The van der Waals surface area contributed by atoms with Gasteiger partial charge in [0.25, 0.3) is 0 Å². The predicted octanol–water partition coefficient (Wildman–Crippen LogP) is 1.84. The lowest BCUT2D eigenvalue weighted by molar-refractivity contribution is -0.134.